The first-order valence-corrected chi connectivity index (χ1v) is 5.76. The van der Waals surface area contributed by atoms with Gasteiger partial charge in [-0.05, 0) is 18.9 Å². The average Bonchev–Trinajstić information content (AvgIpc) is 2.72. The molecule has 1 unspecified atom stereocenters. The van der Waals surface area contributed by atoms with Crippen LogP contribution >= 0.6 is 0 Å². The van der Waals surface area contributed by atoms with E-state index in [2.05, 4.69) is 24.5 Å². The molecule has 82 valence electrons. The zero-order valence-corrected chi connectivity index (χ0v) is 9.31. The van der Waals surface area contributed by atoms with Crippen molar-refractivity contribution in [2.24, 2.45) is 11.8 Å². The number of amides is 1. The van der Waals surface area contributed by atoms with Crippen molar-refractivity contribution in [2.45, 2.75) is 33.1 Å². The first-order valence-electron chi connectivity index (χ1n) is 5.76. The summed E-state index contributed by atoms with van der Waals surface area (Å²) in [4.78, 5) is 11.6. The SMILES string of the molecule is CCC(CC)CNC(=O)C1CCNC1. The third-order valence-electron chi connectivity index (χ3n) is 3.15. The van der Waals surface area contributed by atoms with E-state index < -0.39 is 0 Å². The van der Waals surface area contributed by atoms with Gasteiger partial charge in [0, 0.05) is 13.1 Å². The zero-order valence-electron chi connectivity index (χ0n) is 9.31. The van der Waals surface area contributed by atoms with Crippen molar-refractivity contribution in [3.63, 3.8) is 0 Å². The van der Waals surface area contributed by atoms with Crippen molar-refractivity contribution < 1.29 is 4.79 Å². The number of hydrogen-bond acceptors (Lipinski definition) is 2. The third-order valence-corrected chi connectivity index (χ3v) is 3.15. The maximum Gasteiger partial charge on any atom is 0.224 e. The van der Waals surface area contributed by atoms with Gasteiger partial charge in [0.25, 0.3) is 0 Å². The summed E-state index contributed by atoms with van der Waals surface area (Å²) >= 11 is 0. The molecule has 0 spiro atoms. The fourth-order valence-electron chi connectivity index (χ4n) is 1.85. The molecule has 1 heterocycles. The van der Waals surface area contributed by atoms with Crippen LogP contribution in [0.4, 0.5) is 0 Å². The molecule has 0 bridgehead atoms. The Labute approximate surface area is 86.6 Å². The monoisotopic (exact) mass is 198 g/mol. The van der Waals surface area contributed by atoms with E-state index in [9.17, 15) is 4.79 Å². The molecular formula is C11H22N2O. The van der Waals surface area contributed by atoms with Crippen LogP contribution in [0, 0.1) is 11.8 Å². The Morgan fingerprint density at radius 3 is 2.71 bits per heavy atom. The molecule has 1 aliphatic heterocycles. The summed E-state index contributed by atoms with van der Waals surface area (Å²) in [6.45, 7) is 7.05. The van der Waals surface area contributed by atoms with E-state index in [4.69, 9.17) is 0 Å². The van der Waals surface area contributed by atoms with E-state index in [0.29, 0.717) is 5.92 Å². The van der Waals surface area contributed by atoms with Crippen LogP contribution in [0.25, 0.3) is 0 Å². The van der Waals surface area contributed by atoms with E-state index in [1.165, 1.54) is 0 Å². The Balaban J connectivity index is 2.19. The lowest BCUT2D eigenvalue weighted by Crippen LogP contribution is -2.35. The summed E-state index contributed by atoms with van der Waals surface area (Å²) in [6, 6.07) is 0. The van der Waals surface area contributed by atoms with E-state index in [0.717, 1.165) is 38.9 Å². The molecule has 1 rings (SSSR count). The van der Waals surface area contributed by atoms with Crippen molar-refractivity contribution >= 4 is 5.91 Å². The van der Waals surface area contributed by atoms with Gasteiger partial charge < -0.3 is 10.6 Å². The van der Waals surface area contributed by atoms with Crippen LogP contribution in [-0.4, -0.2) is 25.5 Å². The smallest absolute Gasteiger partial charge is 0.224 e. The third kappa shape index (κ3) is 3.29. The van der Waals surface area contributed by atoms with E-state index in [-0.39, 0.29) is 11.8 Å². The van der Waals surface area contributed by atoms with Crippen LogP contribution in [0.5, 0.6) is 0 Å². The Morgan fingerprint density at radius 2 is 2.21 bits per heavy atom. The molecule has 0 saturated carbocycles. The highest BCUT2D eigenvalue weighted by Gasteiger charge is 2.22. The van der Waals surface area contributed by atoms with Gasteiger partial charge in [0.15, 0.2) is 0 Å². The van der Waals surface area contributed by atoms with Crippen LogP contribution < -0.4 is 10.6 Å². The number of hydrogen-bond donors (Lipinski definition) is 2. The second-order valence-electron chi connectivity index (χ2n) is 4.12. The summed E-state index contributed by atoms with van der Waals surface area (Å²) in [7, 11) is 0. The van der Waals surface area contributed by atoms with Crippen molar-refractivity contribution in [3.05, 3.63) is 0 Å². The lowest BCUT2D eigenvalue weighted by molar-refractivity contribution is -0.124. The van der Waals surface area contributed by atoms with Crippen molar-refractivity contribution in [3.8, 4) is 0 Å². The van der Waals surface area contributed by atoms with Gasteiger partial charge in [-0.1, -0.05) is 26.7 Å². The molecule has 3 nitrogen and oxygen atoms in total. The van der Waals surface area contributed by atoms with Crippen LogP contribution in [-0.2, 0) is 4.79 Å². The molecule has 1 aliphatic rings. The van der Waals surface area contributed by atoms with Crippen LogP contribution in [0.3, 0.4) is 0 Å². The zero-order chi connectivity index (χ0) is 10.4. The molecule has 0 aromatic rings. The van der Waals surface area contributed by atoms with Gasteiger partial charge in [0.2, 0.25) is 5.91 Å². The molecule has 3 heteroatoms. The molecule has 14 heavy (non-hydrogen) atoms. The van der Waals surface area contributed by atoms with Crippen LogP contribution in [0.2, 0.25) is 0 Å². The Hall–Kier alpha value is -0.570. The predicted molar refractivity (Wildman–Crippen MR) is 58.1 cm³/mol. The molecule has 1 saturated heterocycles. The summed E-state index contributed by atoms with van der Waals surface area (Å²) in [5.41, 5.74) is 0. The number of carbonyl (C=O) groups excluding carboxylic acids is 1. The molecule has 1 amide bonds. The first-order chi connectivity index (χ1) is 6.77. The van der Waals surface area contributed by atoms with Crippen molar-refractivity contribution in [2.75, 3.05) is 19.6 Å². The molecule has 0 radical (unpaired) electrons. The Kier molecular flexibility index (Phi) is 4.94. The van der Waals surface area contributed by atoms with Crippen molar-refractivity contribution in [1.29, 1.82) is 0 Å². The maximum atomic E-state index is 11.6. The second-order valence-corrected chi connectivity index (χ2v) is 4.12. The summed E-state index contributed by atoms with van der Waals surface area (Å²) in [5, 5.41) is 6.26. The fraction of sp³-hybridized carbons (Fsp3) is 0.909. The Bertz CT molecular complexity index is 172. The van der Waals surface area contributed by atoms with Gasteiger partial charge >= 0.3 is 0 Å². The highest BCUT2D eigenvalue weighted by Crippen LogP contribution is 2.09. The average molecular weight is 198 g/mol. The standard InChI is InChI=1S/C11H22N2O/c1-3-9(4-2)7-13-11(14)10-5-6-12-8-10/h9-10,12H,3-8H2,1-2H3,(H,13,14). The van der Waals surface area contributed by atoms with Gasteiger partial charge in [-0.2, -0.15) is 0 Å². The van der Waals surface area contributed by atoms with Gasteiger partial charge in [-0.15, -0.1) is 0 Å². The highest BCUT2D eigenvalue weighted by atomic mass is 16.1. The lowest BCUT2D eigenvalue weighted by Gasteiger charge is -2.15. The minimum atomic E-state index is 0.212. The van der Waals surface area contributed by atoms with Gasteiger partial charge in [0.05, 0.1) is 5.92 Å². The number of carbonyl (C=O) groups is 1. The van der Waals surface area contributed by atoms with Crippen LogP contribution in [0.15, 0.2) is 0 Å². The predicted octanol–water partition coefficient (Wildman–Crippen LogP) is 1.15. The quantitative estimate of drug-likeness (QED) is 0.696. The first kappa shape index (κ1) is 11.5. The minimum Gasteiger partial charge on any atom is -0.356 e. The van der Waals surface area contributed by atoms with E-state index in [1.54, 1.807) is 0 Å². The largest absolute Gasteiger partial charge is 0.356 e. The maximum absolute atomic E-state index is 11.6. The minimum absolute atomic E-state index is 0.212. The molecule has 1 fully saturated rings. The van der Waals surface area contributed by atoms with Gasteiger partial charge in [0.1, 0.15) is 0 Å². The second kappa shape index (κ2) is 6.02. The number of nitrogens with one attached hydrogen (secondary N) is 2. The summed E-state index contributed by atoms with van der Waals surface area (Å²) < 4.78 is 0. The Morgan fingerprint density at radius 1 is 1.50 bits per heavy atom. The molecule has 2 N–H and O–H groups in total. The fourth-order valence-corrected chi connectivity index (χ4v) is 1.85. The highest BCUT2D eigenvalue weighted by molar-refractivity contribution is 5.79. The normalized spacial score (nSPS) is 21.5. The van der Waals surface area contributed by atoms with E-state index in [1.807, 2.05) is 0 Å². The summed E-state index contributed by atoms with van der Waals surface area (Å²) in [5.74, 6) is 1.10. The van der Waals surface area contributed by atoms with Gasteiger partial charge in [-0.3, -0.25) is 4.79 Å². The van der Waals surface area contributed by atoms with E-state index >= 15 is 0 Å². The molecule has 1 atom stereocenters. The molecular weight excluding hydrogens is 176 g/mol. The number of rotatable bonds is 5. The topological polar surface area (TPSA) is 41.1 Å². The lowest BCUT2D eigenvalue weighted by atomic mass is 10.0. The van der Waals surface area contributed by atoms with Crippen LogP contribution in [0.1, 0.15) is 33.1 Å². The molecule has 0 aliphatic carbocycles. The van der Waals surface area contributed by atoms with Crippen molar-refractivity contribution in [1.82, 2.24) is 10.6 Å². The van der Waals surface area contributed by atoms with Gasteiger partial charge in [-0.25, -0.2) is 0 Å². The summed E-state index contributed by atoms with van der Waals surface area (Å²) in [6.07, 6.45) is 3.30. The molecule has 0 aromatic carbocycles. The molecule has 0 aromatic heterocycles.